The summed E-state index contributed by atoms with van der Waals surface area (Å²) in [5, 5.41) is 0. The molecule has 4 aliphatic rings. The molecule has 4 rings (SSSR count). The summed E-state index contributed by atoms with van der Waals surface area (Å²) in [6, 6.07) is 0. The van der Waals surface area contributed by atoms with Crippen LogP contribution in [0.1, 0.15) is 67.2 Å². The molecule has 0 aromatic heterocycles. The second-order valence-electron chi connectivity index (χ2n) is 10.5. The Morgan fingerprint density at radius 1 is 0.969 bits per heavy atom. The van der Waals surface area contributed by atoms with Crippen molar-refractivity contribution in [2.45, 2.75) is 85.7 Å². The van der Waals surface area contributed by atoms with E-state index >= 15 is 0 Å². The molecule has 2 heterocycles. The zero-order valence-corrected chi connectivity index (χ0v) is 20.2. The summed E-state index contributed by atoms with van der Waals surface area (Å²) in [5.74, 6) is 0.227. The fourth-order valence-electron chi connectivity index (χ4n) is 4.45. The van der Waals surface area contributed by atoms with Gasteiger partial charge in [-0.1, -0.05) is 13.8 Å². The molecule has 2 bridgehead atoms. The van der Waals surface area contributed by atoms with Crippen LogP contribution in [0.25, 0.3) is 0 Å². The fraction of sp³-hybridized carbons (Fsp3) is 0.875. The van der Waals surface area contributed by atoms with E-state index in [9.17, 15) is 14.4 Å². The van der Waals surface area contributed by atoms with Gasteiger partial charge in [-0.15, -0.1) is 0 Å². The van der Waals surface area contributed by atoms with E-state index in [0.717, 1.165) is 25.7 Å². The van der Waals surface area contributed by atoms with Gasteiger partial charge >= 0.3 is 17.9 Å². The highest BCUT2D eigenvalue weighted by Gasteiger charge is 2.63. The first kappa shape index (κ1) is 25.0. The molecule has 6 unspecified atom stereocenters. The van der Waals surface area contributed by atoms with Gasteiger partial charge in [0.1, 0.15) is 18.8 Å². The smallest absolute Gasteiger partial charge is 0.313 e. The second kappa shape index (κ2) is 9.67. The van der Waals surface area contributed by atoms with E-state index in [1.807, 2.05) is 41.5 Å². The van der Waals surface area contributed by atoms with Gasteiger partial charge in [0.15, 0.2) is 0 Å². The van der Waals surface area contributed by atoms with Crippen LogP contribution in [0, 0.1) is 28.6 Å². The van der Waals surface area contributed by atoms with Gasteiger partial charge in [-0.3, -0.25) is 14.4 Å². The number of hydrogen-bond donors (Lipinski definition) is 0. The van der Waals surface area contributed by atoms with Gasteiger partial charge in [0, 0.05) is 11.8 Å². The molecule has 0 radical (unpaired) electrons. The Labute approximate surface area is 190 Å². The van der Waals surface area contributed by atoms with E-state index in [1.54, 1.807) is 0 Å². The summed E-state index contributed by atoms with van der Waals surface area (Å²) in [6.45, 7) is 12.9. The molecule has 182 valence electrons. The molecular weight excluding hydrogens is 416 g/mol. The average molecular weight is 455 g/mol. The molecule has 0 aromatic carbocycles. The number of rotatable bonds is 6. The highest BCUT2D eigenvalue weighted by Crippen LogP contribution is 2.55. The van der Waals surface area contributed by atoms with Crippen molar-refractivity contribution in [2.24, 2.45) is 28.6 Å². The summed E-state index contributed by atoms with van der Waals surface area (Å²) < 4.78 is 26.6. The molecule has 8 heteroatoms. The Morgan fingerprint density at radius 3 is 2.16 bits per heavy atom. The van der Waals surface area contributed by atoms with E-state index in [2.05, 4.69) is 0 Å². The Hall–Kier alpha value is -1.67. The van der Waals surface area contributed by atoms with E-state index in [-0.39, 0.29) is 36.0 Å². The number of carbonyl (C=O) groups is 3. The summed E-state index contributed by atoms with van der Waals surface area (Å²) in [5.41, 5.74) is -0.898. The average Bonchev–Trinajstić information content (AvgIpc) is 3.40. The third kappa shape index (κ3) is 5.11. The van der Waals surface area contributed by atoms with Crippen LogP contribution in [-0.4, -0.2) is 56.2 Å². The van der Waals surface area contributed by atoms with Crippen LogP contribution >= 0.6 is 0 Å². The molecule has 2 aliphatic heterocycles. The molecule has 32 heavy (non-hydrogen) atoms. The summed E-state index contributed by atoms with van der Waals surface area (Å²) in [6.07, 6.45) is 2.42. The third-order valence-electron chi connectivity index (χ3n) is 7.55. The fourth-order valence-corrected chi connectivity index (χ4v) is 4.45. The lowest BCUT2D eigenvalue weighted by molar-refractivity contribution is -0.220. The monoisotopic (exact) mass is 454 g/mol. The normalized spacial score (nSPS) is 33.2. The van der Waals surface area contributed by atoms with Gasteiger partial charge in [0.25, 0.3) is 0 Å². The van der Waals surface area contributed by atoms with Crippen molar-refractivity contribution in [2.75, 3.05) is 19.8 Å². The van der Waals surface area contributed by atoms with Gasteiger partial charge in [0.05, 0.1) is 30.0 Å². The second-order valence-corrected chi connectivity index (χ2v) is 10.5. The molecule has 0 N–H and O–H groups in total. The summed E-state index contributed by atoms with van der Waals surface area (Å²) >= 11 is 0. The number of ether oxygens (including phenoxy) is 5. The van der Waals surface area contributed by atoms with Crippen LogP contribution < -0.4 is 0 Å². The molecule has 6 atom stereocenters. The minimum atomic E-state index is -0.526. The predicted molar refractivity (Wildman–Crippen MR) is 114 cm³/mol. The Balaban J connectivity index is 0.000000188. The van der Waals surface area contributed by atoms with E-state index < -0.39 is 17.1 Å². The number of hydrogen-bond acceptors (Lipinski definition) is 8. The van der Waals surface area contributed by atoms with Crippen molar-refractivity contribution in [3.05, 3.63) is 0 Å². The molecule has 0 spiro atoms. The Bertz CT molecular complexity index is 709. The third-order valence-corrected chi connectivity index (χ3v) is 7.55. The standard InChI is InChI=1S/C14H20O4.C10H18O4/c1-4-14(2,3)13(16)18-10-7-5-8-9(6-7)12(15)17-11(8)10;1-4-10(2,3)9(11)14-8-7-12-5-6-13-8/h7-11H,4-6H2,1-3H3;8H,4-7H2,1-3H3. The highest BCUT2D eigenvalue weighted by atomic mass is 16.7. The molecular formula is C24H38O8. The molecule has 2 saturated heterocycles. The van der Waals surface area contributed by atoms with Crippen LogP contribution in [0.4, 0.5) is 0 Å². The van der Waals surface area contributed by atoms with E-state index in [4.69, 9.17) is 23.7 Å². The van der Waals surface area contributed by atoms with Gasteiger partial charge in [-0.05, 0) is 53.4 Å². The van der Waals surface area contributed by atoms with Crippen LogP contribution in [0.3, 0.4) is 0 Å². The van der Waals surface area contributed by atoms with Crippen molar-refractivity contribution < 1.29 is 38.1 Å². The van der Waals surface area contributed by atoms with Crippen LogP contribution in [-0.2, 0) is 38.1 Å². The number of esters is 3. The Morgan fingerprint density at radius 2 is 1.59 bits per heavy atom. The van der Waals surface area contributed by atoms with Gasteiger partial charge in [-0.2, -0.15) is 0 Å². The molecule has 0 amide bonds. The van der Waals surface area contributed by atoms with Gasteiger partial charge in [0.2, 0.25) is 6.29 Å². The maximum Gasteiger partial charge on any atom is 0.313 e. The number of carbonyl (C=O) groups excluding carboxylic acids is 3. The van der Waals surface area contributed by atoms with Crippen molar-refractivity contribution >= 4 is 17.9 Å². The highest BCUT2D eigenvalue weighted by molar-refractivity contribution is 5.78. The van der Waals surface area contributed by atoms with Crippen LogP contribution in [0.2, 0.25) is 0 Å². The zero-order chi connectivity index (χ0) is 23.7. The minimum Gasteiger partial charge on any atom is -0.458 e. The predicted octanol–water partition coefficient (Wildman–Crippen LogP) is 3.25. The molecule has 2 saturated carbocycles. The first-order valence-corrected chi connectivity index (χ1v) is 11.8. The Kier molecular flexibility index (Phi) is 7.55. The lowest BCUT2D eigenvalue weighted by Gasteiger charge is -2.29. The zero-order valence-electron chi connectivity index (χ0n) is 20.2. The lowest BCUT2D eigenvalue weighted by Crippen LogP contribution is -2.39. The van der Waals surface area contributed by atoms with Gasteiger partial charge in [-0.25, -0.2) is 0 Å². The number of fused-ring (bicyclic) bond motifs is 1. The first-order chi connectivity index (χ1) is 15.0. The topological polar surface area (TPSA) is 97.4 Å². The van der Waals surface area contributed by atoms with Crippen LogP contribution in [0.5, 0.6) is 0 Å². The molecule has 4 fully saturated rings. The van der Waals surface area contributed by atoms with E-state index in [1.165, 1.54) is 0 Å². The van der Waals surface area contributed by atoms with Crippen molar-refractivity contribution in [1.29, 1.82) is 0 Å². The molecule has 0 aromatic rings. The summed E-state index contributed by atoms with van der Waals surface area (Å²) in [7, 11) is 0. The molecule has 2 aliphatic carbocycles. The van der Waals surface area contributed by atoms with Crippen molar-refractivity contribution in [1.82, 2.24) is 0 Å². The van der Waals surface area contributed by atoms with Gasteiger partial charge < -0.3 is 23.7 Å². The quantitative estimate of drug-likeness (QED) is 0.446. The maximum atomic E-state index is 12.1. The van der Waals surface area contributed by atoms with Crippen molar-refractivity contribution in [3.8, 4) is 0 Å². The lowest BCUT2D eigenvalue weighted by atomic mass is 9.87. The first-order valence-electron chi connectivity index (χ1n) is 11.8. The van der Waals surface area contributed by atoms with Crippen LogP contribution in [0.15, 0.2) is 0 Å². The maximum absolute atomic E-state index is 12.1. The minimum absolute atomic E-state index is 0.0779. The summed E-state index contributed by atoms with van der Waals surface area (Å²) in [4.78, 5) is 35.3. The van der Waals surface area contributed by atoms with Crippen molar-refractivity contribution in [3.63, 3.8) is 0 Å². The largest absolute Gasteiger partial charge is 0.458 e. The van der Waals surface area contributed by atoms with E-state index in [0.29, 0.717) is 31.7 Å². The molecule has 8 nitrogen and oxygen atoms in total. The SMILES string of the molecule is CCC(C)(C)C(=O)OC1C2CC3C(=O)OC1C3C2.CCC(C)(C)C(=O)OC1COCCO1.